The molecule has 3 rings (SSSR count). The summed E-state index contributed by atoms with van der Waals surface area (Å²) in [4.78, 5) is 17.8. The van der Waals surface area contributed by atoms with Gasteiger partial charge >= 0.3 is 0 Å². The average Bonchev–Trinajstić information content (AvgIpc) is 3.22. The molecule has 0 radical (unpaired) electrons. The summed E-state index contributed by atoms with van der Waals surface area (Å²) in [5, 5.41) is 4.11. The normalized spacial score (nSPS) is 12.8. The van der Waals surface area contributed by atoms with E-state index in [0.29, 0.717) is 23.6 Å². The Morgan fingerprint density at radius 3 is 2.78 bits per heavy atom. The third-order valence-corrected chi connectivity index (χ3v) is 6.78. The number of amides is 1. The van der Waals surface area contributed by atoms with Gasteiger partial charge in [-0.25, -0.2) is 8.42 Å². The van der Waals surface area contributed by atoms with Crippen LogP contribution < -0.4 is 4.80 Å². The number of sulfone groups is 1. The molecule has 0 aliphatic rings. The van der Waals surface area contributed by atoms with Crippen LogP contribution in [0, 0.1) is 0 Å². The van der Waals surface area contributed by atoms with Crippen molar-refractivity contribution >= 4 is 49.1 Å². The second kappa shape index (κ2) is 7.99. The van der Waals surface area contributed by atoms with Crippen molar-refractivity contribution < 1.29 is 13.2 Å². The van der Waals surface area contributed by atoms with Gasteiger partial charge in [-0.3, -0.25) is 9.48 Å². The van der Waals surface area contributed by atoms with E-state index in [0.717, 1.165) is 16.0 Å². The second-order valence-electron chi connectivity index (χ2n) is 5.88. The van der Waals surface area contributed by atoms with Gasteiger partial charge in [-0.15, -0.1) is 0 Å². The lowest BCUT2D eigenvalue weighted by Gasteiger charge is -2.05. The molecule has 0 N–H and O–H groups in total. The first-order valence-electron chi connectivity index (χ1n) is 8.28. The van der Waals surface area contributed by atoms with Gasteiger partial charge in [-0.05, 0) is 37.4 Å². The van der Waals surface area contributed by atoms with Gasteiger partial charge in [-0.2, -0.15) is 21.9 Å². The van der Waals surface area contributed by atoms with Crippen molar-refractivity contribution in [2.75, 3.05) is 18.3 Å². The van der Waals surface area contributed by atoms with E-state index in [4.69, 9.17) is 0 Å². The smallest absolute Gasteiger partial charge is 0.297 e. The Morgan fingerprint density at radius 1 is 1.33 bits per heavy atom. The quantitative estimate of drug-likeness (QED) is 0.607. The molecule has 10 heteroatoms. The molecule has 7 nitrogen and oxygen atoms in total. The molecule has 1 amide bonds. The molecule has 0 bridgehead atoms. The van der Waals surface area contributed by atoms with Gasteiger partial charge in [0.1, 0.15) is 5.69 Å². The molecule has 0 aliphatic heterocycles. The molecular weight excluding hydrogens is 404 g/mol. The van der Waals surface area contributed by atoms with Crippen LogP contribution in [0.4, 0.5) is 0 Å². The van der Waals surface area contributed by atoms with E-state index in [9.17, 15) is 13.2 Å². The van der Waals surface area contributed by atoms with E-state index in [1.165, 1.54) is 17.6 Å². The van der Waals surface area contributed by atoms with Crippen LogP contribution in [-0.2, 0) is 22.9 Å². The van der Waals surface area contributed by atoms with Crippen molar-refractivity contribution in [3.8, 4) is 0 Å². The number of aromatic nitrogens is 3. The number of thioether (sulfide) groups is 1. The van der Waals surface area contributed by atoms with E-state index in [1.54, 1.807) is 46.9 Å². The maximum absolute atomic E-state index is 12.6. The van der Waals surface area contributed by atoms with Gasteiger partial charge in [0.2, 0.25) is 0 Å². The first-order chi connectivity index (χ1) is 12.8. The topological polar surface area (TPSA) is 86.3 Å². The van der Waals surface area contributed by atoms with E-state index in [-0.39, 0.29) is 10.8 Å². The van der Waals surface area contributed by atoms with Crippen molar-refractivity contribution in [1.29, 1.82) is 0 Å². The highest BCUT2D eigenvalue weighted by Crippen LogP contribution is 2.22. The van der Waals surface area contributed by atoms with E-state index in [2.05, 4.69) is 10.1 Å². The highest BCUT2D eigenvalue weighted by atomic mass is 32.2. The Bertz CT molecular complexity index is 1160. The number of thiazole rings is 1. The second-order valence-corrected chi connectivity index (χ2v) is 9.89. The van der Waals surface area contributed by atoms with Crippen LogP contribution in [-0.4, -0.2) is 46.9 Å². The number of aryl methyl sites for hydroxylation is 2. The molecular formula is C17H20N4O3S3. The lowest BCUT2D eigenvalue weighted by Crippen LogP contribution is -2.19. The van der Waals surface area contributed by atoms with Crippen molar-refractivity contribution in [1.82, 2.24) is 14.3 Å². The predicted molar refractivity (Wildman–Crippen MR) is 109 cm³/mol. The maximum atomic E-state index is 12.6. The minimum absolute atomic E-state index is 0.259. The number of hydrogen-bond acceptors (Lipinski definition) is 6. The Morgan fingerprint density at radius 2 is 2.11 bits per heavy atom. The molecule has 0 unspecified atom stereocenters. The molecule has 2 heterocycles. The molecule has 0 aliphatic carbocycles. The third-order valence-electron chi connectivity index (χ3n) is 4.03. The standard InChI is InChI=1S/C17H20N4O3S3/c1-4-21-14(7-8-18-21)16(22)19-17-20(9-10-25-2)13-6-5-12(27(3,23)24)11-15(13)26-17/h5-8,11H,4,9-10H2,1-3H3. The largest absolute Gasteiger partial charge is 0.316 e. The highest BCUT2D eigenvalue weighted by Gasteiger charge is 2.14. The van der Waals surface area contributed by atoms with Gasteiger partial charge in [0.05, 0.1) is 15.1 Å². The zero-order chi connectivity index (χ0) is 19.6. The lowest BCUT2D eigenvalue weighted by atomic mass is 10.3. The van der Waals surface area contributed by atoms with Crippen LogP contribution in [0.15, 0.2) is 40.4 Å². The number of benzene rings is 1. The summed E-state index contributed by atoms with van der Waals surface area (Å²) in [6.45, 7) is 3.17. The summed E-state index contributed by atoms with van der Waals surface area (Å²) in [5.41, 5.74) is 1.31. The fraction of sp³-hybridized carbons (Fsp3) is 0.353. The van der Waals surface area contributed by atoms with Crippen LogP contribution in [0.2, 0.25) is 0 Å². The van der Waals surface area contributed by atoms with Gasteiger partial charge in [0.25, 0.3) is 5.91 Å². The molecule has 0 fully saturated rings. The van der Waals surface area contributed by atoms with Crippen LogP contribution in [0.1, 0.15) is 17.4 Å². The zero-order valence-corrected chi connectivity index (χ0v) is 17.7. The SMILES string of the molecule is CCn1nccc1C(=O)N=c1sc2cc(S(C)(=O)=O)ccc2n1CCSC. The number of fused-ring (bicyclic) bond motifs is 1. The van der Waals surface area contributed by atoms with Crippen LogP contribution in [0.5, 0.6) is 0 Å². The monoisotopic (exact) mass is 424 g/mol. The van der Waals surface area contributed by atoms with Crippen molar-refractivity contribution in [2.24, 2.45) is 4.99 Å². The minimum Gasteiger partial charge on any atom is -0.316 e. The Balaban J connectivity index is 2.16. The number of hydrogen-bond donors (Lipinski definition) is 0. The molecule has 3 aromatic rings. The van der Waals surface area contributed by atoms with Crippen molar-refractivity contribution in [2.45, 2.75) is 24.9 Å². The molecule has 27 heavy (non-hydrogen) atoms. The fourth-order valence-corrected chi connectivity index (χ4v) is 4.86. The predicted octanol–water partition coefficient (Wildman–Crippen LogP) is 2.43. The summed E-state index contributed by atoms with van der Waals surface area (Å²) in [6, 6.07) is 6.67. The number of carbonyl (C=O) groups is 1. The van der Waals surface area contributed by atoms with Crippen LogP contribution in [0.25, 0.3) is 10.2 Å². The molecule has 1 aromatic carbocycles. The zero-order valence-electron chi connectivity index (χ0n) is 15.2. The van der Waals surface area contributed by atoms with Crippen LogP contribution in [0.3, 0.4) is 0 Å². The van der Waals surface area contributed by atoms with Gasteiger partial charge in [-0.1, -0.05) is 11.3 Å². The van der Waals surface area contributed by atoms with Crippen molar-refractivity contribution in [3.63, 3.8) is 0 Å². The summed E-state index contributed by atoms with van der Waals surface area (Å²) in [7, 11) is -3.30. The summed E-state index contributed by atoms with van der Waals surface area (Å²) >= 11 is 3.01. The Hall–Kier alpha value is -1.91. The van der Waals surface area contributed by atoms with Gasteiger partial charge in [0.15, 0.2) is 14.6 Å². The summed E-state index contributed by atoms with van der Waals surface area (Å²) < 4.78 is 28.1. The third kappa shape index (κ3) is 4.17. The maximum Gasteiger partial charge on any atom is 0.297 e. The average molecular weight is 425 g/mol. The van der Waals surface area contributed by atoms with Gasteiger partial charge in [0, 0.05) is 31.3 Å². The number of rotatable bonds is 6. The minimum atomic E-state index is -3.30. The molecule has 144 valence electrons. The van der Waals surface area contributed by atoms with Crippen molar-refractivity contribution in [3.05, 3.63) is 41.0 Å². The number of nitrogens with zero attached hydrogens (tertiary/aromatic N) is 4. The first kappa shape index (κ1) is 19.8. The lowest BCUT2D eigenvalue weighted by molar-refractivity contribution is 0.0987. The van der Waals surface area contributed by atoms with E-state index in [1.807, 2.05) is 17.7 Å². The van der Waals surface area contributed by atoms with Crippen LogP contribution >= 0.6 is 23.1 Å². The molecule has 0 saturated carbocycles. The highest BCUT2D eigenvalue weighted by molar-refractivity contribution is 7.98. The first-order valence-corrected chi connectivity index (χ1v) is 12.4. The van der Waals surface area contributed by atoms with Gasteiger partial charge < -0.3 is 4.57 Å². The molecule has 0 atom stereocenters. The van der Waals surface area contributed by atoms with E-state index >= 15 is 0 Å². The molecule has 0 saturated heterocycles. The number of carbonyl (C=O) groups excluding carboxylic acids is 1. The summed E-state index contributed by atoms with van der Waals surface area (Å²) in [5.74, 6) is 0.496. The van der Waals surface area contributed by atoms with E-state index < -0.39 is 9.84 Å². The summed E-state index contributed by atoms with van der Waals surface area (Å²) in [6.07, 6.45) is 4.78. The fourth-order valence-electron chi connectivity index (χ4n) is 2.68. The molecule has 2 aromatic heterocycles. The molecule has 0 spiro atoms. The Labute approximate surface area is 165 Å². The Kier molecular flexibility index (Phi) is 5.87.